The standard InChI is InChI=1S/C21H25NO5/c1-22-7-6-12-17-14(22)8-11-9-15(24-2)16(25-3)10-13(11)18(17)19(23)21(27-5)20(12)26-4/h9-10,14,23H,6-8H2,1-5H3/t14-/m1/s1. The number of rotatable bonds is 4. The van der Waals surface area contributed by atoms with Crippen molar-refractivity contribution in [2.45, 2.75) is 18.9 Å². The van der Waals surface area contributed by atoms with Crippen molar-refractivity contribution in [3.8, 4) is 39.9 Å². The first kappa shape index (κ1) is 17.8. The van der Waals surface area contributed by atoms with Crippen molar-refractivity contribution in [3.05, 3.63) is 28.8 Å². The summed E-state index contributed by atoms with van der Waals surface area (Å²) in [6.07, 6.45) is 1.68. The van der Waals surface area contributed by atoms with E-state index in [1.165, 1.54) is 0 Å². The van der Waals surface area contributed by atoms with Gasteiger partial charge in [0.25, 0.3) is 0 Å². The molecule has 0 radical (unpaired) electrons. The maximum Gasteiger partial charge on any atom is 0.204 e. The van der Waals surface area contributed by atoms with Gasteiger partial charge in [0.2, 0.25) is 5.75 Å². The molecule has 144 valence electrons. The summed E-state index contributed by atoms with van der Waals surface area (Å²) in [5.41, 5.74) is 5.12. The van der Waals surface area contributed by atoms with E-state index in [9.17, 15) is 5.11 Å². The summed E-state index contributed by atoms with van der Waals surface area (Å²) in [4.78, 5) is 2.33. The van der Waals surface area contributed by atoms with Crippen molar-refractivity contribution < 1.29 is 24.1 Å². The predicted molar refractivity (Wildman–Crippen MR) is 103 cm³/mol. The van der Waals surface area contributed by atoms with Gasteiger partial charge in [-0.15, -0.1) is 0 Å². The number of methoxy groups -OCH3 is 4. The van der Waals surface area contributed by atoms with Crippen LogP contribution in [0.4, 0.5) is 0 Å². The van der Waals surface area contributed by atoms with E-state index in [0.717, 1.165) is 47.2 Å². The third kappa shape index (κ3) is 2.43. The van der Waals surface area contributed by atoms with E-state index in [1.54, 1.807) is 28.4 Å². The van der Waals surface area contributed by atoms with Crippen molar-refractivity contribution in [2.75, 3.05) is 42.0 Å². The van der Waals surface area contributed by atoms with Crippen LogP contribution in [0.1, 0.15) is 22.7 Å². The van der Waals surface area contributed by atoms with Gasteiger partial charge in [-0.2, -0.15) is 0 Å². The van der Waals surface area contributed by atoms with E-state index in [4.69, 9.17) is 18.9 Å². The second-order valence-corrected chi connectivity index (χ2v) is 7.00. The van der Waals surface area contributed by atoms with Gasteiger partial charge in [-0.25, -0.2) is 0 Å². The van der Waals surface area contributed by atoms with Crippen molar-refractivity contribution in [1.29, 1.82) is 0 Å². The van der Waals surface area contributed by atoms with Crippen LogP contribution in [-0.4, -0.2) is 52.0 Å². The summed E-state index contributed by atoms with van der Waals surface area (Å²) in [5.74, 6) is 2.47. The van der Waals surface area contributed by atoms with E-state index in [2.05, 4.69) is 11.9 Å². The van der Waals surface area contributed by atoms with Crippen LogP contribution in [0.5, 0.6) is 28.7 Å². The maximum atomic E-state index is 11.1. The number of aromatic hydroxyl groups is 1. The highest BCUT2D eigenvalue weighted by Crippen LogP contribution is 2.57. The first-order valence-corrected chi connectivity index (χ1v) is 9.00. The van der Waals surface area contributed by atoms with Crippen LogP contribution in [0.3, 0.4) is 0 Å². The van der Waals surface area contributed by atoms with E-state index >= 15 is 0 Å². The molecule has 0 fully saturated rings. The Bertz CT molecular complexity index is 908. The molecule has 6 nitrogen and oxygen atoms in total. The highest BCUT2D eigenvalue weighted by Gasteiger charge is 2.39. The minimum absolute atomic E-state index is 0.113. The molecular formula is C21H25NO5. The summed E-state index contributed by atoms with van der Waals surface area (Å²) >= 11 is 0. The number of phenols is 1. The highest BCUT2D eigenvalue weighted by atomic mass is 16.5. The molecular weight excluding hydrogens is 346 g/mol. The fourth-order valence-electron chi connectivity index (χ4n) is 4.51. The quantitative estimate of drug-likeness (QED) is 0.891. The maximum absolute atomic E-state index is 11.1. The number of hydrogen-bond donors (Lipinski definition) is 1. The molecule has 6 heteroatoms. The molecule has 1 atom stereocenters. The lowest BCUT2D eigenvalue weighted by molar-refractivity contribution is 0.222. The summed E-state index contributed by atoms with van der Waals surface area (Å²) in [6, 6.07) is 4.12. The minimum atomic E-state index is 0.113. The second-order valence-electron chi connectivity index (χ2n) is 7.00. The molecule has 1 heterocycles. The molecule has 1 N–H and O–H groups in total. The molecule has 0 unspecified atom stereocenters. The first-order chi connectivity index (χ1) is 13.0. The van der Waals surface area contributed by atoms with E-state index in [0.29, 0.717) is 23.0 Å². The van der Waals surface area contributed by atoms with Gasteiger partial charge in [-0.05, 0) is 48.7 Å². The van der Waals surface area contributed by atoms with Gasteiger partial charge >= 0.3 is 0 Å². The summed E-state index contributed by atoms with van der Waals surface area (Å²) in [6.45, 7) is 0.921. The van der Waals surface area contributed by atoms with Crippen LogP contribution in [0.25, 0.3) is 11.1 Å². The Balaban J connectivity index is 2.09. The molecule has 1 aliphatic heterocycles. The van der Waals surface area contributed by atoms with E-state index in [-0.39, 0.29) is 11.8 Å². The Morgan fingerprint density at radius 3 is 2.26 bits per heavy atom. The van der Waals surface area contributed by atoms with Crippen LogP contribution in [0.2, 0.25) is 0 Å². The number of benzene rings is 2. The molecule has 27 heavy (non-hydrogen) atoms. The van der Waals surface area contributed by atoms with Crippen LogP contribution in [-0.2, 0) is 12.8 Å². The van der Waals surface area contributed by atoms with Gasteiger partial charge in [0, 0.05) is 23.7 Å². The smallest absolute Gasteiger partial charge is 0.204 e. The Hall–Kier alpha value is -2.60. The van der Waals surface area contributed by atoms with E-state index < -0.39 is 0 Å². The molecule has 0 saturated heterocycles. The van der Waals surface area contributed by atoms with Crippen LogP contribution in [0.15, 0.2) is 12.1 Å². The zero-order valence-corrected chi connectivity index (χ0v) is 16.4. The molecule has 0 amide bonds. The molecule has 2 aromatic carbocycles. The summed E-state index contributed by atoms with van der Waals surface area (Å²) in [5, 5.41) is 11.1. The number of fused-ring (bicyclic) bond motifs is 2. The van der Waals surface area contributed by atoms with Crippen molar-refractivity contribution in [1.82, 2.24) is 4.90 Å². The fraction of sp³-hybridized carbons (Fsp3) is 0.429. The third-order valence-corrected chi connectivity index (χ3v) is 5.81. The lowest BCUT2D eigenvalue weighted by Crippen LogP contribution is -2.36. The molecule has 0 spiro atoms. The summed E-state index contributed by atoms with van der Waals surface area (Å²) < 4.78 is 22.2. The number of ether oxygens (including phenoxy) is 4. The zero-order chi connectivity index (χ0) is 19.3. The predicted octanol–water partition coefficient (Wildman–Crippen LogP) is 3.18. The molecule has 0 aromatic heterocycles. The monoisotopic (exact) mass is 371 g/mol. The van der Waals surface area contributed by atoms with Gasteiger partial charge in [0.1, 0.15) is 0 Å². The molecule has 4 rings (SSSR count). The lowest BCUT2D eigenvalue weighted by Gasteiger charge is -2.41. The Morgan fingerprint density at radius 2 is 1.63 bits per heavy atom. The summed E-state index contributed by atoms with van der Waals surface area (Å²) in [7, 11) is 8.56. The van der Waals surface area contributed by atoms with Gasteiger partial charge < -0.3 is 24.1 Å². The molecule has 2 aliphatic rings. The lowest BCUT2D eigenvalue weighted by atomic mass is 9.76. The van der Waals surface area contributed by atoms with Crippen LogP contribution < -0.4 is 18.9 Å². The Morgan fingerprint density at radius 1 is 0.963 bits per heavy atom. The third-order valence-electron chi connectivity index (χ3n) is 5.81. The van der Waals surface area contributed by atoms with E-state index in [1.807, 2.05) is 12.1 Å². The van der Waals surface area contributed by atoms with Gasteiger partial charge in [-0.3, -0.25) is 4.90 Å². The second kappa shape index (κ2) is 6.53. The number of nitrogens with zero attached hydrogens (tertiary/aromatic N) is 1. The zero-order valence-electron chi connectivity index (χ0n) is 16.4. The first-order valence-electron chi connectivity index (χ1n) is 9.00. The SMILES string of the molecule is COc1cc2c(cc1OC)-c1c(O)c(OC)c(OC)c3c1[C@@H](C2)N(C)CC3. The van der Waals surface area contributed by atoms with Crippen molar-refractivity contribution in [3.63, 3.8) is 0 Å². The van der Waals surface area contributed by atoms with Crippen LogP contribution in [0, 0.1) is 0 Å². The van der Waals surface area contributed by atoms with Crippen LogP contribution >= 0.6 is 0 Å². The topological polar surface area (TPSA) is 60.4 Å². The Labute approximate surface area is 159 Å². The highest BCUT2D eigenvalue weighted by molar-refractivity contribution is 5.86. The Kier molecular flexibility index (Phi) is 4.30. The van der Waals surface area contributed by atoms with Gasteiger partial charge in [0.15, 0.2) is 23.0 Å². The molecule has 1 aliphatic carbocycles. The average Bonchev–Trinajstić information content (AvgIpc) is 2.69. The molecule has 2 aromatic rings. The van der Waals surface area contributed by atoms with Gasteiger partial charge in [-0.1, -0.05) is 0 Å². The molecule has 0 saturated carbocycles. The fourth-order valence-corrected chi connectivity index (χ4v) is 4.51. The normalized spacial score (nSPS) is 17.7. The molecule has 0 bridgehead atoms. The van der Waals surface area contributed by atoms with Crippen molar-refractivity contribution >= 4 is 0 Å². The number of phenolic OH excluding ortho intramolecular Hbond substituents is 1. The minimum Gasteiger partial charge on any atom is -0.504 e. The van der Waals surface area contributed by atoms with Crippen molar-refractivity contribution in [2.24, 2.45) is 0 Å². The van der Waals surface area contributed by atoms with Gasteiger partial charge in [0.05, 0.1) is 28.4 Å². The average molecular weight is 371 g/mol. The number of likely N-dealkylation sites (N-methyl/N-ethyl adjacent to an activating group) is 1. The largest absolute Gasteiger partial charge is 0.504 e. The number of hydrogen-bond acceptors (Lipinski definition) is 6.